The fourth-order valence-electron chi connectivity index (χ4n) is 4.88. The Morgan fingerprint density at radius 1 is 1.00 bits per heavy atom. The largest absolute Gasteiger partial charge is 0.326 e. The van der Waals surface area contributed by atoms with Crippen molar-refractivity contribution in [3.63, 3.8) is 0 Å². The smallest absolute Gasteiger partial charge is 0.228 e. The van der Waals surface area contributed by atoms with Crippen LogP contribution in [0.25, 0.3) is 22.3 Å². The summed E-state index contributed by atoms with van der Waals surface area (Å²) >= 11 is 0. The highest BCUT2D eigenvalue weighted by Gasteiger charge is 2.17. The van der Waals surface area contributed by atoms with Crippen molar-refractivity contribution in [1.29, 1.82) is 0 Å². The van der Waals surface area contributed by atoms with E-state index >= 15 is 0 Å². The summed E-state index contributed by atoms with van der Waals surface area (Å²) in [4.78, 5) is 22.9. The van der Waals surface area contributed by atoms with Gasteiger partial charge in [-0.25, -0.2) is 24.3 Å². The number of pyridine rings is 1. The summed E-state index contributed by atoms with van der Waals surface area (Å²) in [6, 6.07) is 9.41. The first-order valence-electron chi connectivity index (χ1n) is 12.6. The average Bonchev–Trinajstić information content (AvgIpc) is 3.22. The fourth-order valence-corrected chi connectivity index (χ4v) is 4.88. The number of aromatic nitrogens is 5. The first-order valence-corrected chi connectivity index (χ1v) is 12.6. The Labute approximate surface area is 211 Å². The molecule has 3 aromatic heterocycles. The topological polar surface area (TPSA) is 75.0 Å². The Hall–Kier alpha value is -3.43. The van der Waals surface area contributed by atoms with E-state index in [2.05, 4.69) is 61.9 Å². The van der Waals surface area contributed by atoms with Crippen molar-refractivity contribution in [3.8, 4) is 11.3 Å². The molecule has 188 valence electrons. The highest BCUT2D eigenvalue weighted by atomic mass is 19.1. The van der Waals surface area contributed by atoms with Gasteiger partial charge in [-0.3, -0.25) is 4.90 Å². The van der Waals surface area contributed by atoms with Crippen LogP contribution in [0.15, 0.2) is 42.7 Å². The fraction of sp³-hybridized carbons (Fsp3) is 0.407. The first kappa shape index (κ1) is 24.3. The third-order valence-corrected chi connectivity index (χ3v) is 6.78. The standard InChI is InChI=1S/C27H33FN8/c1-5-34-10-12-35(13-11-34)17-20-6-7-25(30-16-20)33-27-29-9-8-23(32-27)21-14-22(28)26-24(15-21)36(18(2)3)19(4)31-26/h6-9,14-16,18H,5,10-13,17H2,1-4H3,(H,29,30,32,33). The van der Waals surface area contributed by atoms with E-state index in [0.29, 0.717) is 28.5 Å². The van der Waals surface area contributed by atoms with Gasteiger partial charge in [-0.15, -0.1) is 0 Å². The molecule has 0 bridgehead atoms. The Bertz CT molecular complexity index is 1340. The maximum atomic E-state index is 14.9. The minimum absolute atomic E-state index is 0.169. The SMILES string of the molecule is CCN1CCN(Cc2ccc(Nc3nccc(-c4cc(F)c5nc(C)n(C(C)C)c5c4)n3)nc2)CC1. The van der Waals surface area contributed by atoms with Crippen LogP contribution in [-0.2, 0) is 6.54 Å². The summed E-state index contributed by atoms with van der Waals surface area (Å²) in [5.41, 5.74) is 3.64. The van der Waals surface area contributed by atoms with Crippen LogP contribution in [-0.4, -0.2) is 67.0 Å². The summed E-state index contributed by atoms with van der Waals surface area (Å²) in [5.74, 6) is 1.52. The third kappa shape index (κ3) is 5.08. The van der Waals surface area contributed by atoms with Gasteiger partial charge in [-0.1, -0.05) is 13.0 Å². The second kappa shape index (κ2) is 10.3. The van der Waals surface area contributed by atoms with Crippen molar-refractivity contribution < 1.29 is 4.39 Å². The van der Waals surface area contributed by atoms with Crippen LogP contribution < -0.4 is 5.32 Å². The normalized spacial score (nSPS) is 15.2. The lowest BCUT2D eigenvalue weighted by atomic mass is 10.1. The van der Waals surface area contributed by atoms with Crippen LogP contribution >= 0.6 is 0 Å². The van der Waals surface area contributed by atoms with E-state index in [-0.39, 0.29) is 11.9 Å². The van der Waals surface area contributed by atoms with Gasteiger partial charge in [0.15, 0.2) is 5.82 Å². The van der Waals surface area contributed by atoms with Gasteiger partial charge in [0.1, 0.15) is 17.2 Å². The monoisotopic (exact) mass is 488 g/mol. The van der Waals surface area contributed by atoms with E-state index < -0.39 is 0 Å². The molecule has 5 rings (SSSR count). The van der Waals surface area contributed by atoms with Crippen LogP contribution in [0, 0.1) is 12.7 Å². The van der Waals surface area contributed by atoms with Crippen LogP contribution in [0.3, 0.4) is 0 Å². The number of halogens is 1. The Morgan fingerprint density at radius 3 is 2.47 bits per heavy atom. The number of hydrogen-bond acceptors (Lipinski definition) is 7. The number of piperazine rings is 1. The number of rotatable bonds is 7. The molecule has 1 saturated heterocycles. The zero-order valence-electron chi connectivity index (χ0n) is 21.4. The van der Waals surface area contributed by atoms with Gasteiger partial charge in [0.25, 0.3) is 0 Å². The summed E-state index contributed by atoms with van der Waals surface area (Å²) < 4.78 is 17.0. The number of fused-ring (bicyclic) bond motifs is 1. The molecular weight excluding hydrogens is 455 g/mol. The molecule has 0 aliphatic carbocycles. The Morgan fingerprint density at radius 2 is 1.78 bits per heavy atom. The van der Waals surface area contributed by atoms with Crippen LogP contribution in [0.5, 0.6) is 0 Å². The number of hydrogen-bond donors (Lipinski definition) is 1. The van der Waals surface area contributed by atoms with Gasteiger partial charge in [-0.05, 0) is 57.1 Å². The van der Waals surface area contributed by atoms with Gasteiger partial charge in [0.05, 0.1) is 11.2 Å². The number of likely N-dealkylation sites (N-methyl/N-ethyl adjacent to an activating group) is 1. The first-order chi connectivity index (χ1) is 17.4. The highest BCUT2D eigenvalue weighted by Crippen LogP contribution is 2.29. The Kier molecular flexibility index (Phi) is 6.93. The maximum absolute atomic E-state index is 14.9. The number of benzene rings is 1. The molecule has 0 saturated carbocycles. The van der Waals surface area contributed by atoms with E-state index in [9.17, 15) is 4.39 Å². The summed E-state index contributed by atoms with van der Waals surface area (Å²) in [6.45, 7) is 14.7. The van der Waals surface area contributed by atoms with E-state index in [4.69, 9.17) is 0 Å². The zero-order chi connectivity index (χ0) is 25.2. The molecule has 1 N–H and O–H groups in total. The van der Waals surface area contributed by atoms with Crippen molar-refractivity contribution in [2.75, 3.05) is 38.0 Å². The van der Waals surface area contributed by atoms with Gasteiger partial charge in [-0.2, -0.15) is 0 Å². The molecule has 1 aliphatic heterocycles. The molecule has 8 nitrogen and oxygen atoms in total. The van der Waals surface area contributed by atoms with Crippen molar-refractivity contribution in [3.05, 3.63) is 59.9 Å². The number of aryl methyl sites for hydroxylation is 1. The lowest BCUT2D eigenvalue weighted by Gasteiger charge is -2.33. The third-order valence-electron chi connectivity index (χ3n) is 6.78. The lowest BCUT2D eigenvalue weighted by molar-refractivity contribution is 0.132. The van der Waals surface area contributed by atoms with E-state index in [1.165, 1.54) is 11.6 Å². The van der Waals surface area contributed by atoms with Crippen molar-refractivity contribution in [2.45, 2.75) is 40.3 Å². The molecule has 4 aromatic rings. The van der Waals surface area contributed by atoms with E-state index in [1.54, 1.807) is 12.3 Å². The summed E-state index contributed by atoms with van der Waals surface area (Å²) in [5, 5.41) is 3.18. The molecular formula is C27H33FN8. The van der Waals surface area contributed by atoms with Crippen molar-refractivity contribution >= 4 is 22.8 Å². The average molecular weight is 489 g/mol. The quantitative estimate of drug-likeness (QED) is 0.401. The molecule has 0 radical (unpaired) electrons. The molecule has 1 aromatic carbocycles. The molecule has 1 fully saturated rings. The van der Waals surface area contributed by atoms with Crippen LogP contribution in [0.1, 0.15) is 38.2 Å². The summed E-state index contributed by atoms with van der Waals surface area (Å²) in [6.07, 6.45) is 3.57. The molecule has 0 atom stereocenters. The van der Waals surface area contributed by atoms with Gasteiger partial charge in [0.2, 0.25) is 5.95 Å². The van der Waals surface area contributed by atoms with E-state index in [1.807, 2.05) is 29.8 Å². The van der Waals surface area contributed by atoms with Gasteiger partial charge < -0.3 is 14.8 Å². The molecule has 0 unspecified atom stereocenters. The molecule has 0 amide bonds. The number of nitrogens with one attached hydrogen (secondary N) is 1. The number of anilines is 2. The summed E-state index contributed by atoms with van der Waals surface area (Å²) in [7, 11) is 0. The number of nitrogens with zero attached hydrogens (tertiary/aromatic N) is 7. The molecule has 9 heteroatoms. The van der Waals surface area contributed by atoms with Crippen molar-refractivity contribution in [1.82, 2.24) is 34.3 Å². The lowest BCUT2D eigenvalue weighted by Crippen LogP contribution is -2.45. The van der Waals surface area contributed by atoms with Crippen LogP contribution in [0.4, 0.5) is 16.2 Å². The second-order valence-corrected chi connectivity index (χ2v) is 9.60. The van der Waals surface area contributed by atoms with Crippen molar-refractivity contribution in [2.24, 2.45) is 0 Å². The van der Waals surface area contributed by atoms with E-state index in [0.717, 1.165) is 50.6 Å². The van der Waals surface area contributed by atoms with Gasteiger partial charge in [0, 0.05) is 56.7 Å². The highest BCUT2D eigenvalue weighted by molar-refractivity contribution is 5.83. The second-order valence-electron chi connectivity index (χ2n) is 9.60. The minimum atomic E-state index is -0.355. The molecule has 36 heavy (non-hydrogen) atoms. The molecule has 4 heterocycles. The van der Waals surface area contributed by atoms with Crippen LogP contribution in [0.2, 0.25) is 0 Å². The minimum Gasteiger partial charge on any atom is -0.326 e. The number of imidazole rings is 1. The Balaban J connectivity index is 1.31. The predicted molar refractivity (Wildman–Crippen MR) is 141 cm³/mol. The predicted octanol–water partition coefficient (Wildman–Crippen LogP) is 4.80. The van der Waals surface area contributed by atoms with Gasteiger partial charge >= 0.3 is 0 Å². The maximum Gasteiger partial charge on any atom is 0.228 e. The molecule has 1 aliphatic rings. The molecule has 0 spiro atoms. The zero-order valence-corrected chi connectivity index (χ0v) is 21.4.